The fourth-order valence-corrected chi connectivity index (χ4v) is 3.18. The molecule has 1 atom stereocenters. The van der Waals surface area contributed by atoms with Gasteiger partial charge in [-0.1, -0.05) is 23.4 Å². The molecular weight excluding hydrogens is 360 g/mol. The van der Waals surface area contributed by atoms with Crippen molar-refractivity contribution in [1.82, 2.24) is 20.1 Å². The molecule has 0 saturated heterocycles. The average Bonchev–Trinajstić information content (AvgIpc) is 3.24. The molecule has 0 bridgehead atoms. The molecule has 0 aliphatic carbocycles. The van der Waals surface area contributed by atoms with Crippen LogP contribution in [0.1, 0.15) is 12.7 Å². The Bertz CT molecular complexity index is 846. The fourth-order valence-electron chi connectivity index (χ4n) is 2.21. The monoisotopic (exact) mass is 376 g/mol. The van der Waals surface area contributed by atoms with E-state index in [1.807, 2.05) is 48.9 Å². The third-order valence-corrected chi connectivity index (χ3v) is 4.99. The third-order valence-electron chi connectivity index (χ3n) is 3.61. The van der Waals surface area contributed by atoms with Gasteiger partial charge in [-0.3, -0.25) is 4.79 Å². The molecule has 0 unspecified atom stereocenters. The maximum atomic E-state index is 12.2. The van der Waals surface area contributed by atoms with Crippen molar-refractivity contribution in [1.29, 1.82) is 0 Å². The molecule has 8 heteroatoms. The van der Waals surface area contributed by atoms with Crippen molar-refractivity contribution in [3.05, 3.63) is 53.4 Å². The van der Waals surface area contributed by atoms with Gasteiger partial charge in [0.05, 0.1) is 18.1 Å². The molecule has 1 aromatic carbocycles. The van der Waals surface area contributed by atoms with Crippen LogP contribution in [-0.2, 0) is 18.4 Å². The molecule has 3 rings (SSSR count). The van der Waals surface area contributed by atoms with Gasteiger partial charge in [0.1, 0.15) is 5.76 Å². The van der Waals surface area contributed by atoms with Gasteiger partial charge in [-0.05, 0) is 43.3 Å². The summed E-state index contributed by atoms with van der Waals surface area (Å²) in [5.74, 6) is 1.36. The van der Waals surface area contributed by atoms with Crippen molar-refractivity contribution in [2.75, 3.05) is 0 Å². The number of hydrogen-bond acceptors (Lipinski definition) is 5. The number of benzene rings is 1. The summed E-state index contributed by atoms with van der Waals surface area (Å²) in [6.07, 6.45) is 1.58. The molecule has 6 nitrogen and oxygen atoms in total. The lowest BCUT2D eigenvalue weighted by molar-refractivity contribution is -0.120. The van der Waals surface area contributed by atoms with Crippen LogP contribution in [0.15, 0.2) is 52.2 Å². The molecular formula is C17H17ClN4O2S. The van der Waals surface area contributed by atoms with Gasteiger partial charge in [0.15, 0.2) is 11.0 Å². The van der Waals surface area contributed by atoms with E-state index in [-0.39, 0.29) is 11.2 Å². The van der Waals surface area contributed by atoms with Crippen LogP contribution < -0.4 is 5.32 Å². The highest BCUT2D eigenvalue weighted by atomic mass is 35.5. The van der Waals surface area contributed by atoms with Crippen LogP contribution in [0.3, 0.4) is 0 Å². The third kappa shape index (κ3) is 4.24. The molecule has 0 radical (unpaired) electrons. The van der Waals surface area contributed by atoms with E-state index in [1.54, 1.807) is 12.3 Å². The summed E-state index contributed by atoms with van der Waals surface area (Å²) in [4.78, 5) is 12.2. The Balaban J connectivity index is 1.64. The molecule has 0 fully saturated rings. The maximum absolute atomic E-state index is 12.2. The van der Waals surface area contributed by atoms with Crippen LogP contribution in [0.2, 0.25) is 5.02 Å². The highest BCUT2D eigenvalue weighted by molar-refractivity contribution is 8.00. The van der Waals surface area contributed by atoms with Crippen LogP contribution in [-0.4, -0.2) is 25.9 Å². The Hall–Kier alpha value is -2.25. The minimum atomic E-state index is -0.309. The first kappa shape index (κ1) is 17.6. The number of thioether (sulfide) groups is 1. The number of rotatable bonds is 6. The van der Waals surface area contributed by atoms with Gasteiger partial charge in [0, 0.05) is 17.6 Å². The smallest absolute Gasteiger partial charge is 0.233 e. The lowest BCUT2D eigenvalue weighted by Crippen LogP contribution is -2.30. The molecule has 2 aromatic heterocycles. The number of hydrogen-bond donors (Lipinski definition) is 1. The van der Waals surface area contributed by atoms with E-state index >= 15 is 0 Å². The van der Waals surface area contributed by atoms with Crippen molar-refractivity contribution in [3.8, 4) is 11.4 Å². The quantitative estimate of drug-likeness (QED) is 0.666. The Morgan fingerprint density at radius 2 is 2.08 bits per heavy atom. The lowest BCUT2D eigenvalue weighted by atomic mass is 10.2. The Morgan fingerprint density at radius 3 is 2.76 bits per heavy atom. The molecule has 25 heavy (non-hydrogen) atoms. The van der Waals surface area contributed by atoms with Gasteiger partial charge in [-0.2, -0.15) is 0 Å². The number of amides is 1. The SMILES string of the molecule is C[C@@H](Sc1nnc(-c2ccc(Cl)cc2)n1C)C(=O)NCc1ccco1. The second-order valence-electron chi connectivity index (χ2n) is 5.43. The van der Waals surface area contributed by atoms with E-state index in [9.17, 15) is 4.79 Å². The number of carbonyl (C=O) groups is 1. The van der Waals surface area contributed by atoms with Crippen molar-refractivity contribution in [3.63, 3.8) is 0 Å². The van der Waals surface area contributed by atoms with Gasteiger partial charge in [0.2, 0.25) is 5.91 Å². The van der Waals surface area contributed by atoms with Gasteiger partial charge in [-0.15, -0.1) is 10.2 Å². The summed E-state index contributed by atoms with van der Waals surface area (Å²) in [6.45, 7) is 2.20. The summed E-state index contributed by atoms with van der Waals surface area (Å²) in [5.41, 5.74) is 0.918. The molecule has 0 aliphatic heterocycles. The first-order chi connectivity index (χ1) is 12.0. The molecule has 130 valence electrons. The zero-order valence-electron chi connectivity index (χ0n) is 13.8. The van der Waals surface area contributed by atoms with Crippen LogP contribution in [0, 0.1) is 0 Å². The van der Waals surface area contributed by atoms with E-state index in [0.717, 1.165) is 11.4 Å². The van der Waals surface area contributed by atoms with Gasteiger partial charge in [0.25, 0.3) is 0 Å². The molecule has 2 heterocycles. The zero-order valence-corrected chi connectivity index (χ0v) is 15.3. The van der Waals surface area contributed by atoms with Crippen molar-refractivity contribution < 1.29 is 9.21 Å². The lowest BCUT2D eigenvalue weighted by Gasteiger charge is -2.11. The van der Waals surface area contributed by atoms with E-state index in [0.29, 0.717) is 22.5 Å². The number of halogens is 1. The second-order valence-corrected chi connectivity index (χ2v) is 7.17. The Kier molecular flexibility index (Phi) is 5.45. The second kappa shape index (κ2) is 7.76. The summed E-state index contributed by atoms with van der Waals surface area (Å²) in [5, 5.41) is 12.3. The fraction of sp³-hybridized carbons (Fsp3) is 0.235. The van der Waals surface area contributed by atoms with Gasteiger partial charge >= 0.3 is 0 Å². The van der Waals surface area contributed by atoms with Gasteiger partial charge in [-0.25, -0.2) is 0 Å². The molecule has 0 saturated carbocycles. The normalized spacial score (nSPS) is 12.1. The van der Waals surface area contributed by atoms with Crippen LogP contribution in [0.4, 0.5) is 0 Å². The Labute approximate surface area is 154 Å². The van der Waals surface area contributed by atoms with E-state index in [2.05, 4.69) is 15.5 Å². The predicted molar refractivity (Wildman–Crippen MR) is 97.3 cm³/mol. The van der Waals surface area contributed by atoms with Crippen LogP contribution in [0.5, 0.6) is 0 Å². The predicted octanol–water partition coefficient (Wildman–Crippen LogP) is 3.53. The summed E-state index contributed by atoms with van der Waals surface area (Å²) >= 11 is 7.27. The van der Waals surface area contributed by atoms with Crippen molar-refractivity contribution in [2.45, 2.75) is 23.9 Å². The maximum Gasteiger partial charge on any atom is 0.233 e. The highest BCUT2D eigenvalue weighted by Gasteiger charge is 2.19. The van der Waals surface area contributed by atoms with E-state index < -0.39 is 0 Å². The number of nitrogens with zero attached hydrogens (tertiary/aromatic N) is 3. The summed E-state index contributed by atoms with van der Waals surface area (Å²) in [6, 6.07) is 11.0. The first-order valence-corrected chi connectivity index (χ1v) is 8.92. The van der Waals surface area contributed by atoms with E-state index in [1.165, 1.54) is 11.8 Å². The number of aromatic nitrogens is 3. The minimum Gasteiger partial charge on any atom is -0.467 e. The van der Waals surface area contributed by atoms with Gasteiger partial charge < -0.3 is 14.3 Å². The molecule has 1 N–H and O–H groups in total. The largest absolute Gasteiger partial charge is 0.467 e. The topological polar surface area (TPSA) is 73.0 Å². The summed E-state index contributed by atoms with van der Waals surface area (Å²) < 4.78 is 7.07. The van der Waals surface area contributed by atoms with Crippen molar-refractivity contribution >= 4 is 29.3 Å². The molecule has 0 spiro atoms. The Morgan fingerprint density at radius 1 is 1.32 bits per heavy atom. The van der Waals surface area contributed by atoms with Crippen molar-refractivity contribution in [2.24, 2.45) is 7.05 Å². The molecule has 1 amide bonds. The average molecular weight is 377 g/mol. The number of furan rings is 1. The highest BCUT2D eigenvalue weighted by Crippen LogP contribution is 2.26. The molecule has 3 aromatic rings. The standard InChI is InChI=1S/C17H17ClN4O2S/c1-11(16(23)19-10-14-4-3-9-24-14)25-17-21-20-15(22(17)2)12-5-7-13(18)8-6-12/h3-9,11H,10H2,1-2H3,(H,19,23)/t11-/m1/s1. The van der Waals surface area contributed by atoms with E-state index in [4.69, 9.17) is 16.0 Å². The molecule has 0 aliphatic rings. The van der Waals surface area contributed by atoms with Crippen LogP contribution >= 0.6 is 23.4 Å². The summed E-state index contributed by atoms with van der Waals surface area (Å²) in [7, 11) is 1.87. The van der Waals surface area contributed by atoms with Crippen LogP contribution in [0.25, 0.3) is 11.4 Å². The minimum absolute atomic E-state index is 0.0857. The zero-order chi connectivity index (χ0) is 17.8. The number of nitrogens with one attached hydrogen (secondary N) is 1. The number of carbonyl (C=O) groups excluding carboxylic acids is 1. The first-order valence-electron chi connectivity index (χ1n) is 7.66.